The smallest absolute Gasteiger partial charge is 0.870 e. The van der Waals surface area contributed by atoms with E-state index >= 15 is 0 Å². The third kappa shape index (κ3) is 9.22. The molecular weight excluding hydrogens is 123 g/mol. The fraction of sp³-hybridized carbons (Fsp3) is 0. The second-order valence-electron chi connectivity index (χ2n) is 0. The summed E-state index contributed by atoms with van der Waals surface area (Å²) in [5, 5.41) is 0. The Bertz CT molecular complexity index is 8.00. The molecule has 1 nitrogen and oxygen atoms in total. The van der Waals surface area contributed by atoms with E-state index in [1.807, 2.05) is 0 Å². The van der Waals surface area contributed by atoms with Crippen molar-refractivity contribution in [2.24, 2.45) is 0 Å². The summed E-state index contributed by atoms with van der Waals surface area (Å²) >= 11 is 0. The molecule has 0 aromatic heterocycles. The van der Waals surface area contributed by atoms with Gasteiger partial charge in [-0.25, -0.2) is 0 Å². The van der Waals surface area contributed by atoms with Gasteiger partial charge in [0, 0.05) is 17.1 Å². The predicted octanol–water partition coefficient (Wildman–Crippen LogP) is -2.01. The van der Waals surface area contributed by atoms with Crippen molar-refractivity contribution in [3.8, 4) is 0 Å². The van der Waals surface area contributed by atoms with Crippen molar-refractivity contribution < 1.29 is 22.5 Å². The molecule has 0 aliphatic carbocycles. The van der Waals surface area contributed by atoms with Gasteiger partial charge in [-0.3, -0.25) is 0 Å². The largest absolute Gasteiger partial charge is 0.870 e. The van der Waals surface area contributed by atoms with E-state index in [9.17, 15) is 0 Å². The molecule has 0 aliphatic rings. The van der Waals surface area contributed by atoms with Crippen LogP contribution in [-0.2, 0) is 17.1 Å². The Hall–Kier alpha value is 1.78. The van der Waals surface area contributed by atoms with Crippen molar-refractivity contribution in [1.29, 1.82) is 0 Å². The van der Waals surface area contributed by atoms with E-state index in [0.717, 1.165) is 0 Å². The van der Waals surface area contributed by atoms with E-state index in [1.54, 1.807) is 0 Å². The molecule has 0 aliphatic heterocycles. The molecule has 24 valence electrons. The Morgan fingerprint density at radius 2 is 1.00 bits per heavy atom. The number of hydrogen-bond donors (Lipinski definition) is 0. The Morgan fingerprint density at radius 1 is 1.00 bits per heavy atom. The summed E-state index contributed by atoms with van der Waals surface area (Å²) in [6.07, 6.45) is 0. The van der Waals surface area contributed by atoms with Gasteiger partial charge in [-0.2, -0.15) is 0 Å². The average molecular weight is 128 g/mol. The summed E-state index contributed by atoms with van der Waals surface area (Å²) in [7, 11) is 0. The third-order valence-corrected chi connectivity index (χ3v) is 0. The first-order valence-corrected chi connectivity index (χ1v) is 0. The van der Waals surface area contributed by atoms with Crippen LogP contribution in [0.5, 0.6) is 0 Å². The van der Waals surface area contributed by atoms with E-state index in [-0.39, 0.29) is 63.0 Å². The molecule has 0 spiro atoms. The molecule has 4 heteroatoms. The monoisotopic (exact) mass is 128 g/mol. The van der Waals surface area contributed by atoms with Crippen molar-refractivity contribution in [2.75, 3.05) is 0 Å². The summed E-state index contributed by atoms with van der Waals surface area (Å²) in [5.41, 5.74) is 0. The van der Waals surface area contributed by atoms with E-state index in [0.29, 0.717) is 0 Å². The molecule has 0 atom stereocenters. The van der Waals surface area contributed by atoms with Crippen LogP contribution in [0.25, 0.3) is 0 Å². The van der Waals surface area contributed by atoms with E-state index in [1.165, 1.54) is 0 Å². The zero-order valence-electron chi connectivity index (χ0n) is 1.80. The molecule has 0 radical (unpaired) electrons. The predicted molar refractivity (Wildman–Crippen MR) is 19.0 cm³/mol. The van der Waals surface area contributed by atoms with Gasteiger partial charge in [0.25, 0.3) is 0 Å². The van der Waals surface area contributed by atoms with Gasteiger partial charge >= 0.3 is 23.1 Å². The second-order valence-corrected chi connectivity index (χ2v) is 0. The summed E-state index contributed by atoms with van der Waals surface area (Å²) < 4.78 is 0. The van der Waals surface area contributed by atoms with Crippen LogP contribution in [0.3, 0.4) is 0 Å². The maximum absolute atomic E-state index is 0. The van der Waals surface area contributed by atoms with Crippen LogP contribution in [0.2, 0.25) is 0 Å². The van der Waals surface area contributed by atoms with Gasteiger partial charge in [0.1, 0.15) is 0 Å². The van der Waals surface area contributed by atoms with Crippen LogP contribution >= 0.6 is 0 Å². The maximum Gasteiger partial charge on any atom is -0.870 e. The topological polar surface area (TPSA) is 30.0 Å². The normalized spacial score (nSPS) is 0. The van der Waals surface area contributed by atoms with Gasteiger partial charge in [-0.05, 0) is 0 Å². The number of hydrogen-bond acceptors (Lipinski definition) is 1. The quantitative estimate of drug-likeness (QED) is 0.347. The maximum atomic E-state index is 0. The van der Waals surface area contributed by atoms with Crippen LogP contribution in [0, 0.1) is 0 Å². The zero-order chi connectivity index (χ0) is 0. The molecule has 1 N–H and O–H groups in total. The van der Waals surface area contributed by atoms with Crippen LogP contribution in [-0.4, -0.2) is 45.9 Å². The van der Waals surface area contributed by atoms with E-state index in [4.69, 9.17) is 0 Å². The zero-order valence-corrected chi connectivity index (χ0v) is 4.90. The van der Waals surface area contributed by atoms with Crippen LogP contribution in [0.15, 0.2) is 0 Å². The fourth-order valence-electron chi connectivity index (χ4n) is 0. The molecule has 0 aromatic rings. The minimum Gasteiger partial charge on any atom is -0.870 e. The van der Waals surface area contributed by atoms with Crippen molar-refractivity contribution in [3.05, 3.63) is 0 Å². The van der Waals surface area contributed by atoms with Crippen LogP contribution in [0.4, 0.5) is 0 Å². The first-order valence-electron chi connectivity index (χ1n) is 0. The van der Waals surface area contributed by atoms with Gasteiger partial charge in [0.05, 0.1) is 0 Å². The van der Waals surface area contributed by atoms with Crippen LogP contribution < -0.4 is 0 Å². The Morgan fingerprint density at radius 3 is 1.00 bits per heavy atom. The molecule has 0 saturated heterocycles. The van der Waals surface area contributed by atoms with Crippen molar-refractivity contribution in [1.82, 2.24) is 0 Å². The summed E-state index contributed by atoms with van der Waals surface area (Å²) in [5.74, 6) is 0. The summed E-state index contributed by atoms with van der Waals surface area (Å²) in [4.78, 5) is 0. The molecule has 0 bridgehead atoms. The molecule has 0 unspecified atom stereocenters. The molecule has 0 saturated carbocycles. The van der Waals surface area contributed by atoms with Gasteiger partial charge in [0.2, 0.25) is 0 Å². The van der Waals surface area contributed by atoms with Gasteiger partial charge in [0.15, 0.2) is 17.4 Å². The van der Waals surface area contributed by atoms with Crippen LogP contribution in [0.1, 0.15) is 0 Å². The van der Waals surface area contributed by atoms with Crippen molar-refractivity contribution in [3.63, 3.8) is 0 Å². The van der Waals surface area contributed by atoms with Gasteiger partial charge < -0.3 is 5.48 Å². The van der Waals surface area contributed by atoms with Crippen molar-refractivity contribution in [2.45, 2.75) is 0 Å². The molecule has 0 fully saturated rings. The molecule has 4 heavy (non-hydrogen) atoms. The minimum atomic E-state index is 0. The van der Waals surface area contributed by atoms with E-state index in [2.05, 4.69) is 0 Å². The van der Waals surface area contributed by atoms with Gasteiger partial charge in [-0.15, -0.1) is 0 Å². The summed E-state index contributed by atoms with van der Waals surface area (Å²) in [6.45, 7) is 0. The Balaban J connectivity index is 0. The first kappa shape index (κ1) is 41.7. The van der Waals surface area contributed by atoms with Gasteiger partial charge in [-0.1, -0.05) is 0 Å². The molecule has 0 rings (SSSR count). The third-order valence-electron chi connectivity index (χ3n) is 0. The molecular formula is H5AlFeMgO. The molecule has 0 aromatic carbocycles. The SMILES string of the molecule is [AlH3].[Fe].[MgH+].[OH-]. The summed E-state index contributed by atoms with van der Waals surface area (Å²) in [6, 6.07) is 0. The van der Waals surface area contributed by atoms with Crippen molar-refractivity contribution >= 4 is 40.4 Å². The Kier molecular flexibility index (Phi) is 225. The molecule has 0 amide bonds. The number of rotatable bonds is 0. The standard InChI is InChI=1S/Al.Fe.Mg.H2O.4H/h;;;1H2;;;;/q;;+1;;;;;/p-1. The van der Waals surface area contributed by atoms with E-state index < -0.39 is 0 Å². The minimum absolute atomic E-state index is 0. The molecule has 0 heterocycles. The second kappa shape index (κ2) is 21.6. The average Bonchev–Trinajstić information content (AvgIpc) is 0. The Labute approximate surface area is 62.6 Å². The fourth-order valence-corrected chi connectivity index (χ4v) is 0. The first-order chi connectivity index (χ1) is 0.